The number of fused-ring (bicyclic) bond motifs is 1. The van der Waals surface area contributed by atoms with Gasteiger partial charge in [0, 0.05) is 11.6 Å². The van der Waals surface area contributed by atoms with Gasteiger partial charge in [-0.05, 0) is 24.3 Å². The third kappa shape index (κ3) is 1.93. The van der Waals surface area contributed by atoms with E-state index in [4.69, 9.17) is 5.26 Å². The van der Waals surface area contributed by atoms with Crippen molar-refractivity contribution in [2.75, 3.05) is 0 Å². The SMILES string of the molecule is N#Cc1cccc2[nH]c(-c3cc(F)cc(F)c3)nc12. The van der Waals surface area contributed by atoms with Gasteiger partial charge >= 0.3 is 0 Å². The van der Waals surface area contributed by atoms with Crippen LogP contribution in [-0.2, 0) is 0 Å². The van der Waals surface area contributed by atoms with Gasteiger partial charge in [0.2, 0.25) is 0 Å². The maximum atomic E-state index is 13.2. The molecule has 3 rings (SSSR count). The lowest BCUT2D eigenvalue weighted by molar-refractivity contribution is 0.584. The molecule has 1 aromatic heterocycles. The highest BCUT2D eigenvalue weighted by molar-refractivity contribution is 5.84. The van der Waals surface area contributed by atoms with Gasteiger partial charge in [0.25, 0.3) is 0 Å². The Labute approximate surface area is 107 Å². The monoisotopic (exact) mass is 255 g/mol. The highest BCUT2D eigenvalue weighted by atomic mass is 19.1. The van der Waals surface area contributed by atoms with Crippen LogP contribution in [0.4, 0.5) is 8.78 Å². The van der Waals surface area contributed by atoms with Crippen LogP contribution in [0.3, 0.4) is 0 Å². The van der Waals surface area contributed by atoms with E-state index in [0.29, 0.717) is 28.0 Å². The quantitative estimate of drug-likeness (QED) is 0.724. The lowest BCUT2D eigenvalue weighted by Crippen LogP contribution is -1.85. The highest BCUT2D eigenvalue weighted by Gasteiger charge is 2.10. The number of H-pyrrole nitrogens is 1. The van der Waals surface area contributed by atoms with Crippen LogP contribution in [-0.4, -0.2) is 9.97 Å². The van der Waals surface area contributed by atoms with E-state index in [1.165, 1.54) is 12.1 Å². The molecule has 3 aromatic rings. The molecule has 92 valence electrons. The molecule has 5 heteroatoms. The molecule has 0 unspecified atom stereocenters. The Hall–Kier alpha value is -2.74. The predicted molar refractivity (Wildman–Crippen MR) is 66.2 cm³/mol. The average molecular weight is 255 g/mol. The van der Waals surface area contributed by atoms with Crippen molar-refractivity contribution >= 4 is 11.0 Å². The van der Waals surface area contributed by atoms with Gasteiger partial charge in [-0.3, -0.25) is 0 Å². The smallest absolute Gasteiger partial charge is 0.138 e. The third-order valence-corrected chi connectivity index (χ3v) is 2.77. The molecule has 0 atom stereocenters. The van der Waals surface area contributed by atoms with Gasteiger partial charge in [-0.15, -0.1) is 0 Å². The van der Waals surface area contributed by atoms with Gasteiger partial charge in [0.15, 0.2) is 0 Å². The van der Waals surface area contributed by atoms with Crippen LogP contribution in [0.15, 0.2) is 36.4 Å². The van der Waals surface area contributed by atoms with Gasteiger partial charge in [-0.25, -0.2) is 13.8 Å². The van der Waals surface area contributed by atoms with Crippen molar-refractivity contribution in [3.05, 3.63) is 53.6 Å². The molecule has 2 aromatic carbocycles. The number of para-hydroxylation sites is 1. The third-order valence-electron chi connectivity index (χ3n) is 2.77. The van der Waals surface area contributed by atoms with Gasteiger partial charge in [-0.1, -0.05) is 6.07 Å². The zero-order chi connectivity index (χ0) is 13.4. The molecule has 1 heterocycles. The zero-order valence-corrected chi connectivity index (χ0v) is 9.61. The molecule has 1 N–H and O–H groups in total. The van der Waals surface area contributed by atoms with Crippen LogP contribution >= 0.6 is 0 Å². The van der Waals surface area contributed by atoms with Crippen molar-refractivity contribution in [2.24, 2.45) is 0 Å². The maximum Gasteiger partial charge on any atom is 0.138 e. The summed E-state index contributed by atoms with van der Waals surface area (Å²) in [5.41, 5.74) is 1.86. The Balaban J connectivity index is 2.24. The van der Waals surface area contributed by atoms with Gasteiger partial charge in [-0.2, -0.15) is 5.26 Å². The number of nitriles is 1. The zero-order valence-electron chi connectivity index (χ0n) is 9.61. The molecule has 0 bridgehead atoms. The normalized spacial score (nSPS) is 10.6. The number of nitrogens with zero attached hydrogens (tertiary/aromatic N) is 2. The van der Waals surface area contributed by atoms with Crippen LogP contribution in [0, 0.1) is 23.0 Å². The average Bonchev–Trinajstić information content (AvgIpc) is 2.81. The first-order valence-corrected chi connectivity index (χ1v) is 5.52. The molecule has 0 fully saturated rings. The Kier molecular flexibility index (Phi) is 2.50. The first-order valence-electron chi connectivity index (χ1n) is 5.52. The summed E-state index contributed by atoms with van der Waals surface area (Å²) in [6.07, 6.45) is 0. The Morgan fingerprint density at radius 1 is 1.11 bits per heavy atom. The molecule has 0 aliphatic carbocycles. The number of rotatable bonds is 1. The largest absolute Gasteiger partial charge is 0.338 e. The number of aromatic amines is 1. The molecule has 19 heavy (non-hydrogen) atoms. The molecule has 0 amide bonds. The molecular weight excluding hydrogens is 248 g/mol. The van der Waals surface area contributed by atoms with Crippen LogP contribution in [0.5, 0.6) is 0 Å². The Bertz CT molecular complexity index is 795. The molecular formula is C14H7F2N3. The van der Waals surface area contributed by atoms with Crippen LogP contribution < -0.4 is 0 Å². The first-order chi connectivity index (χ1) is 9.17. The fourth-order valence-electron chi connectivity index (χ4n) is 1.95. The fourth-order valence-corrected chi connectivity index (χ4v) is 1.95. The number of halogens is 2. The summed E-state index contributed by atoms with van der Waals surface area (Å²) in [4.78, 5) is 7.17. The van der Waals surface area contributed by atoms with Gasteiger partial charge in [0.1, 0.15) is 29.0 Å². The van der Waals surface area contributed by atoms with Gasteiger partial charge in [0.05, 0.1) is 11.1 Å². The van der Waals surface area contributed by atoms with E-state index < -0.39 is 11.6 Å². The number of imidazole rings is 1. The Morgan fingerprint density at radius 3 is 2.53 bits per heavy atom. The second kappa shape index (κ2) is 4.18. The van der Waals surface area contributed by atoms with Crippen molar-refractivity contribution < 1.29 is 8.78 Å². The summed E-state index contributed by atoms with van der Waals surface area (Å²) in [6.45, 7) is 0. The minimum atomic E-state index is -0.670. The summed E-state index contributed by atoms with van der Waals surface area (Å²) < 4.78 is 26.4. The van der Waals surface area contributed by atoms with E-state index in [2.05, 4.69) is 9.97 Å². The van der Waals surface area contributed by atoms with Crippen molar-refractivity contribution in [3.63, 3.8) is 0 Å². The lowest BCUT2D eigenvalue weighted by Gasteiger charge is -1.97. The molecule has 3 nitrogen and oxygen atoms in total. The second-order valence-electron chi connectivity index (χ2n) is 4.06. The number of hydrogen-bond donors (Lipinski definition) is 1. The number of hydrogen-bond acceptors (Lipinski definition) is 2. The van der Waals surface area contributed by atoms with E-state index >= 15 is 0 Å². The molecule has 0 radical (unpaired) electrons. The van der Waals surface area contributed by atoms with Crippen molar-refractivity contribution in [1.29, 1.82) is 5.26 Å². The first kappa shape index (κ1) is 11.4. The molecule has 0 aliphatic rings. The number of benzene rings is 2. The summed E-state index contributed by atoms with van der Waals surface area (Å²) in [7, 11) is 0. The minimum absolute atomic E-state index is 0.303. The standard InChI is InChI=1S/C14H7F2N3/c15-10-4-9(5-11(16)6-10)14-18-12-3-1-2-8(7-17)13(12)19-14/h1-6H,(H,18,19). The number of nitrogens with one attached hydrogen (secondary N) is 1. The topological polar surface area (TPSA) is 52.5 Å². The maximum absolute atomic E-state index is 13.2. The van der Waals surface area contributed by atoms with E-state index in [1.54, 1.807) is 18.2 Å². The molecule has 0 saturated carbocycles. The summed E-state index contributed by atoms with van der Waals surface area (Å²) in [6, 6.07) is 10.3. The lowest BCUT2D eigenvalue weighted by atomic mass is 10.2. The molecule has 0 aliphatic heterocycles. The van der Waals surface area contributed by atoms with Gasteiger partial charge < -0.3 is 4.98 Å². The minimum Gasteiger partial charge on any atom is -0.338 e. The van der Waals surface area contributed by atoms with E-state index in [9.17, 15) is 8.78 Å². The highest BCUT2D eigenvalue weighted by Crippen LogP contribution is 2.23. The van der Waals surface area contributed by atoms with Crippen molar-refractivity contribution in [3.8, 4) is 17.5 Å². The van der Waals surface area contributed by atoms with E-state index in [0.717, 1.165) is 6.07 Å². The Morgan fingerprint density at radius 2 is 1.84 bits per heavy atom. The van der Waals surface area contributed by atoms with Crippen molar-refractivity contribution in [2.45, 2.75) is 0 Å². The molecule has 0 saturated heterocycles. The van der Waals surface area contributed by atoms with Crippen LogP contribution in [0.25, 0.3) is 22.4 Å². The van der Waals surface area contributed by atoms with Crippen LogP contribution in [0.2, 0.25) is 0 Å². The van der Waals surface area contributed by atoms with Crippen LogP contribution in [0.1, 0.15) is 5.56 Å². The summed E-state index contributed by atoms with van der Waals surface area (Å²) in [5.74, 6) is -1.01. The van der Waals surface area contributed by atoms with E-state index in [1.807, 2.05) is 6.07 Å². The van der Waals surface area contributed by atoms with Crippen molar-refractivity contribution in [1.82, 2.24) is 9.97 Å². The molecule has 0 spiro atoms. The summed E-state index contributed by atoms with van der Waals surface area (Å²) in [5, 5.41) is 8.98. The number of aromatic nitrogens is 2. The second-order valence-corrected chi connectivity index (χ2v) is 4.06. The van der Waals surface area contributed by atoms with E-state index in [-0.39, 0.29) is 0 Å². The fraction of sp³-hybridized carbons (Fsp3) is 0. The summed E-state index contributed by atoms with van der Waals surface area (Å²) >= 11 is 0. The predicted octanol–water partition coefficient (Wildman–Crippen LogP) is 3.38.